The summed E-state index contributed by atoms with van der Waals surface area (Å²) in [5.74, 6) is -0.139. The molecule has 0 saturated carbocycles. The van der Waals surface area contributed by atoms with Crippen molar-refractivity contribution < 1.29 is 19.7 Å². The topological polar surface area (TPSA) is 145 Å². The number of carboxylic acid groups (broad SMARTS) is 1. The maximum atomic E-state index is 10.7. The van der Waals surface area contributed by atoms with Crippen LogP contribution in [-0.4, -0.2) is 47.0 Å². The molecule has 0 saturated heterocycles. The molecule has 188 valence electrons. The summed E-state index contributed by atoms with van der Waals surface area (Å²) in [6, 6.07) is 16.0. The van der Waals surface area contributed by atoms with Gasteiger partial charge in [-0.25, -0.2) is 10.2 Å². The predicted octanol–water partition coefficient (Wildman–Crippen LogP) is 4.85. The SMILES string of the molecule is CCCCCN=C(N)N/N=C\c1c[nH]c2ccc(OC)cc12.O=C(O)c1ccc2ccccc2c1O. The lowest BCUT2D eigenvalue weighted by atomic mass is 10.1. The molecule has 0 spiro atoms. The van der Waals surface area contributed by atoms with Gasteiger partial charge in [0, 0.05) is 34.6 Å². The van der Waals surface area contributed by atoms with Crippen LogP contribution in [0.2, 0.25) is 0 Å². The van der Waals surface area contributed by atoms with E-state index in [0.717, 1.165) is 47.0 Å². The van der Waals surface area contributed by atoms with Crippen molar-refractivity contribution in [1.29, 1.82) is 0 Å². The lowest BCUT2D eigenvalue weighted by molar-refractivity contribution is 0.0694. The van der Waals surface area contributed by atoms with Crippen molar-refractivity contribution in [3.05, 3.63) is 71.9 Å². The third-order valence-corrected chi connectivity index (χ3v) is 5.48. The van der Waals surface area contributed by atoms with Crippen molar-refractivity contribution in [2.45, 2.75) is 26.2 Å². The number of hydrogen-bond donors (Lipinski definition) is 5. The first kappa shape index (κ1) is 26.1. The van der Waals surface area contributed by atoms with Crippen LogP contribution in [0.1, 0.15) is 42.1 Å². The number of aromatic hydroxyl groups is 1. The minimum absolute atomic E-state index is 0.0660. The van der Waals surface area contributed by atoms with Crippen LogP contribution < -0.4 is 15.9 Å². The number of nitrogens with one attached hydrogen (secondary N) is 2. The molecule has 6 N–H and O–H groups in total. The summed E-state index contributed by atoms with van der Waals surface area (Å²) >= 11 is 0. The quantitative estimate of drug-likeness (QED) is 0.104. The number of rotatable bonds is 8. The van der Waals surface area contributed by atoms with Gasteiger partial charge in [-0.2, -0.15) is 5.10 Å². The van der Waals surface area contributed by atoms with Gasteiger partial charge in [-0.05, 0) is 36.1 Å². The molecule has 0 unspecified atom stereocenters. The van der Waals surface area contributed by atoms with Crippen molar-refractivity contribution >= 4 is 39.8 Å². The highest BCUT2D eigenvalue weighted by molar-refractivity contribution is 6.00. The molecule has 4 rings (SSSR count). The molecule has 0 amide bonds. The molecule has 0 radical (unpaired) electrons. The molecule has 0 aliphatic heterocycles. The fraction of sp³-hybridized carbons (Fsp3) is 0.222. The van der Waals surface area contributed by atoms with Crippen LogP contribution in [0, 0.1) is 0 Å². The monoisotopic (exact) mass is 489 g/mol. The van der Waals surface area contributed by atoms with E-state index < -0.39 is 5.97 Å². The van der Waals surface area contributed by atoms with Gasteiger partial charge in [0.15, 0.2) is 0 Å². The van der Waals surface area contributed by atoms with E-state index in [1.54, 1.807) is 31.5 Å². The summed E-state index contributed by atoms with van der Waals surface area (Å²) in [4.78, 5) is 18.1. The summed E-state index contributed by atoms with van der Waals surface area (Å²) < 4.78 is 5.24. The molecule has 4 aromatic rings. The van der Waals surface area contributed by atoms with Crippen LogP contribution >= 0.6 is 0 Å². The number of fused-ring (bicyclic) bond motifs is 2. The number of carbonyl (C=O) groups is 1. The highest BCUT2D eigenvalue weighted by Crippen LogP contribution is 2.28. The third-order valence-electron chi connectivity index (χ3n) is 5.48. The first-order valence-corrected chi connectivity index (χ1v) is 11.6. The number of guanidine groups is 1. The van der Waals surface area contributed by atoms with Gasteiger partial charge >= 0.3 is 5.97 Å². The number of ether oxygens (including phenoxy) is 1. The number of phenols is 1. The third kappa shape index (κ3) is 6.75. The van der Waals surface area contributed by atoms with E-state index in [0.29, 0.717) is 11.3 Å². The highest BCUT2D eigenvalue weighted by atomic mass is 16.5. The number of H-pyrrole nitrogens is 1. The van der Waals surface area contributed by atoms with Gasteiger partial charge in [0.1, 0.15) is 17.1 Å². The number of aliphatic imine (C=N–C) groups is 1. The minimum Gasteiger partial charge on any atom is -0.506 e. The standard InChI is InChI=1S/C16H23N5O.C11H8O3/c1-3-4-5-8-18-16(17)21-20-11-12-10-19-15-7-6-13(22-2)9-14(12)15;12-10-8-4-2-1-3-7(8)5-6-9(10)11(13)14/h6-7,9-11,19H,3-5,8H2,1-2H3,(H3,17,18,21);1-6,12H,(H,13,14)/b20-11-;. The molecular weight excluding hydrogens is 458 g/mol. The zero-order valence-corrected chi connectivity index (χ0v) is 20.4. The number of nitrogens with two attached hydrogens (primary N) is 1. The lowest BCUT2D eigenvalue weighted by Gasteiger charge is -2.03. The number of benzene rings is 3. The van der Waals surface area contributed by atoms with Gasteiger partial charge in [0.05, 0.1) is 13.3 Å². The Hall–Kier alpha value is -4.53. The van der Waals surface area contributed by atoms with Gasteiger partial charge in [0.25, 0.3) is 0 Å². The Bertz CT molecular complexity index is 1380. The van der Waals surface area contributed by atoms with E-state index in [4.69, 9.17) is 15.6 Å². The van der Waals surface area contributed by atoms with Crippen molar-refractivity contribution in [2.24, 2.45) is 15.8 Å². The molecule has 0 fully saturated rings. The molecule has 3 aromatic carbocycles. The zero-order valence-electron chi connectivity index (χ0n) is 20.4. The Morgan fingerprint density at radius 3 is 2.69 bits per heavy atom. The van der Waals surface area contributed by atoms with E-state index in [2.05, 4.69) is 27.4 Å². The number of hydrazone groups is 1. The number of aromatic carboxylic acids is 1. The summed E-state index contributed by atoms with van der Waals surface area (Å²) in [5.41, 5.74) is 10.4. The zero-order chi connectivity index (χ0) is 25.9. The predicted molar refractivity (Wildman–Crippen MR) is 144 cm³/mol. The number of carboxylic acids is 1. The van der Waals surface area contributed by atoms with Crippen molar-refractivity contribution in [3.8, 4) is 11.5 Å². The molecule has 1 aromatic heterocycles. The first-order valence-electron chi connectivity index (χ1n) is 11.6. The van der Waals surface area contributed by atoms with Gasteiger partial charge in [-0.1, -0.05) is 50.1 Å². The van der Waals surface area contributed by atoms with Gasteiger partial charge in [-0.15, -0.1) is 0 Å². The smallest absolute Gasteiger partial charge is 0.339 e. The minimum atomic E-state index is -1.12. The van der Waals surface area contributed by atoms with E-state index in [-0.39, 0.29) is 11.3 Å². The van der Waals surface area contributed by atoms with Gasteiger partial charge < -0.3 is 25.7 Å². The molecule has 0 bridgehead atoms. The van der Waals surface area contributed by atoms with Crippen molar-refractivity contribution in [2.75, 3.05) is 13.7 Å². The highest BCUT2D eigenvalue weighted by Gasteiger charge is 2.11. The summed E-state index contributed by atoms with van der Waals surface area (Å²) in [7, 11) is 1.65. The first-order chi connectivity index (χ1) is 17.4. The van der Waals surface area contributed by atoms with Crippen LogP contribution in [-0.2, 0) is 0 Å². The Labute approximate surface area is 209 Å². The lowest BCUT2D eigenvalue weighted by Crippen LogP contribution is -2.27. The molecule has 0 atom stereocenters. The second kappa shape index (κ2) is 12.8. The largest absolute Gasteiger partial charge is 0.506 e. The van der Waals surface area contributed by atoms with Crippen molar-refractivity contribution in [3.63, 3.8) is 0 Å². The number of hydrogen-bond acceptors (Lipinski definition) is 5. The second-order valence-corrected chi connectivity index (χ2v) is 7.99. The average molecular weight is 490 g/mol. The Balaban J connectivity index is 0.000000221. The summed E-state index contributed by atoms with van der Waals surface area (Å²) in [5, 5.41) is 25.0. The maximum Gasteiger partial charge on any atom is 0.339 e. The number of aromatic amines is 1. The summed E-state index contributed by atoms with van der Waals surface area (Å²) in [6.45, 7) is 2.89. The number of nitrogens with zero attached hydrogens (tertiary/aromatic N) is 2. The van der Waals surface area contributed by atoms with Gasteiger partial charge in [-0.3, -0.25) is 4.99 Å². The Morgan fingerprint density at radius 1 is 1.14 bits per heavy atom. The molecule has 9 nitrogen and oxygen atoms in total. The van der Waals surface area contributed by atoms with Crippen LogP contribution in [0.25, 0.3) is 21.7 Å². The summed E-state index contributed by atoms with van der Waals surface area (Å²) in [6.07, 6.45) is 6.99. The molecular formula is C27H31N5O4. The Kier molecular flexibility index (Phi) is 9.27. The molecule has 0 aliphatic rings. The molecule has 0 aliphatic carbocycles. The second-order valence-electron chi connectivity index (χ2n) is 7.99. The van der Waals surface area contributed by atoms with Crippen LogP contribution in [0.5, 0.6) is 11.5 Å². The normalized spacial score (nSPS) is 11.4. The van der Waals surface area contributed by atoms with E-state index >= 15 is 0 Å². The van der Waals surface area contributed by atoms with Crippen LogP contribution in [0.4, 0.5) is 0 Å². The van der Waals surface area contributed by atoms with E-state index in [1.807, 2.05) is 36.5 Å². The molecule has 9 heteroatoms. The van der Waals surface area contributed by atoms with Crippen LogP contribution in [0.15, 0.2) is 70.9 Å². The molecule has 36 heavy (non-hydrogen) atoms. The van der Waals surface area contributed by atoms with E-state index in [9.17, 15) is 9.90 Å². The van der Waals surface area contributed by atoms with E-state index in [1.165, 1.54) is 12.5 Å². The fourth-order valence-corrected chi connectivity index (χ4v) is 3.55. The molecule has 1 heterocycles. The van der Waals surface area contributed by atoms with Gasteiger partial charge in [0.2, 0.25) is 5.96 Å². The van der Waals surface area contributed by atoms with Crippen molar-refractivity contribution in [1.82, 2.24) is 10.4 Å². The number of methoxy groups -OCH3 is 1. The maximum absolute atomic E-state index is 10.7. The Morgan fingerprint density at radius 2 is 1.94 bits per heavy atom. The average Bonchev–Trinajstić information content (AvgIpc) is 3.29. The van der Waals surface area contributed by atoms with Crippen LogP contribution in [0.3, 0.4) is 0 Å². The number of unbranched alkanes of at least 4 members (excludes halogenated alkanes) is 2. The fourth-order valence-electron chi connectivity index (χ4n) is 3.55. The number of aromatic nitrogens is 1.